The van der Waals surface area contributed by atoms with Gasteiger partial charge in [-0.05, 0) is 12.1 Å². The van der Waals surface area contributed by atoms with Gasteiger partial charge in [-0.2, -0.15) is 0 Å². The second-order valence-corrected chi connectivity index (χ2v) is 2.97. The predicted molar refractivity (Wildman–Crippen MR) is 56.0 cm³/mol. The third kappa shape index (κ3) is 1.87. The third-order valence-electron chi connectivity index (χ3n) is 1.97. The van der Waals surface area contributed by atoms with E-state index in [1.165, 1.54) is 6.33 Å². The summed E-state index contributed by atoms with van der Waals surface area (Å²) in [5.74, 6) is 5.72. The van der Waals surface area contributed by atoms with Crippen LogP contribution in [0.4, 0.5) is 5.82 Å². The predicted octanol–water partition coefficient (Wildman–Crippen LogP) is 0.930. The summed E-state index contributed by atoms with van der Waals surface area (Å²) < 4.78 is 0. The number of nitrogens with one attached hydrogen (secondary N) is 1. The molecule has 2 rings (SSSR count). The highest BCUT2D eigenvalue weighted by molar-refractivity contribution is 6.04. The lowest BCUT2D eigenvalue weighted by molar-refractivity contribution is 0.0986. The topological polar surface area (TPSA) is 75.0 Å². The van der Waals surface area contributed by atoms with Crippen LogP contribution in [-0.4, -0.2) is 15.9 Å². The number of nitrogens with two attached hydrogens (primary N) is 1. The van der Waals surface area contributed by atoms with Crippen LogP contribution < -0.4 is 10.9 Å². The van der Waals surface area contributed by atoms with E-state index in [0.717, 1.165) is 5.01 Å². The Morgan fingerprint density at radius 2 is 2.07 bits per heavy atom. The minimum Gasteiger partial charge on any atom is -0.349 e. The molecule has 0 atom stereocenters. The van der Waals surface area contributed by atoms with Crippen LogP contribution in [0, 0.1) is 0 Å². The van der Waals surface area contributed by atoms with Crippen molar-refractivity contribution >= 4 is 11.7 Å². The summed E-state index contributed by atoms with van der Waals surface area (Å²) in [6.45, 7) is 0. The molecular weight excluding hydrogens is 192 g/mol. The van der Waals surface area contributed by atoms with Crippen LogP contribution in [0.2, 0.25) is 0 Å². The van der Waals surface area contributed by atoms with Gasteiger partial charge in [-0.1, -0.05) is 18.2 Å². The van der Waals surface area contributed by atoms with Crippen LogP contribution in [0.25, 0.3) is 0 Å². The average Bonchev–Trinajstić information content (AvgIpc) is 2.82. The minimum atomic E-state index is -0.289. The van der Waals surface area contributed by atoms with Gasteiger partial charge < -0.3 is 4.98 Å². The number of hydrazine groups is 1. The lowest BCUT2D eigenvalue weighted by Gasteiger charge is -2.12. The molecule has 2 aromatic rings. The third-order valence-corrected chi connectivity index (χ3v) is 1.97. The molecule has 0 fully saturated rings. The van der Waals surface area contributed by atoms with Gasteiger partial charge in [0.15, 0.2) is 5.82 Å². The number of rotatable bonds is 2. The highest BCUT2D eigenvalue weighted by Gasteiger charge is 2.14. The van der Waals surface area contributed by atoms with Gasteiger partial charge in [0.25, 0.3) is 5.91 Å². The molecule has 0 unspecified atom stereocenters. The van der Waals surface area contributed by atoms with Crippen molar-refractivity contribution in [3.05, 3.63) is 48.4 Å². The van der Waals surface area contributed by atoms with E-state index in [2.05, 4.69) is 9.97 Å². The Labute approximate surface area is 86.5 Å². The Morgan fingerprint density at radius 1 is 1.33 bits per heavy atom. The Balaban J connectivity index is 2.23. The number of carbonyl (C=O) groups is 1. The normalized spacial score (nSPS) is 9.93. The summed E-state index contributed by atoms with van der Waals surface area (Å²) in [4.78, 5) is 18.4. The largest absolute Gasteiger partial charge is 0.349 e. The van der Waals surface area contributed by atoms with E-state index < -0.39 is 0 Å². The highest BCUT2D eigenvalue weighted by atomic mass is 16.2. The number of hydrogen-bond acceptors (Lipinski definition) is 3. The van der Waals surface area contributed by atoms with Crippen molar-refractivity contribution < 1.29 is 4.79 Å². The molecule has 5 heteroatoms. The Kier molecular flexibility index (Phi) is 2.47. The van der Waals surface area contributed by atoms with Crippen molar-refractivity contribution in [1.29, 1.82) is 0 Å². The van der Waals surface area contributed by atoms with Crippen LogP contribution in [0.3, 0.4) is 0 Å². The molecule has 0 aliphatic heterocycles. The van der Waals surface area contributed by atoms with Gasteiger partial charge in [-0.25, -0.2) is 15.8 Å². The number of imidazole rings is 1. The maximum Gasteiger partial charge on any atom is 0.273 e. The Hall–Kier alpha value is -2.14. The molecule has 0 spiro atoms. The zero-order valence-corrected chi connectivity index (χ0v) is 7.92. The highest BCUT2D eigenvalue weighted by Crippen LogP contribution is 2.08. The quantitative estimate of drug-likeness (QED) is 0.432. The molecule has 0 aliphatic carbocycles. The standard InChI is InChI=1S/C10H10N4O/c11-14(9-6-12-7-13-9)10(15)8-4-2-1-3-5-8/h1-7H,11H2,(H,12,13). The first-order valence-electron chi connectivity index (χ1n) is 4.42. The molecule has 0 saturated carbocycles. The molecule has 1 aromatic heterocycles. The van der Waals surface area contributed by atoms with Crippen LogP contribution >= 0.6 is 0 Å². The minimum absolute atomic E-state index is 0.289. The van der Waals surface area contributed by atoms with E-state index in [4.69, 9.17) is 5.84 Å². The number of aromatic amines is 1. The van der Waals surface area contributed by atoms with Crippen molar-refractivity contribution in [3.63, 3.8) is 0 Å². The zero-order valence-electron chi connectivity index (χ0n) is 7.92. The zero-order chi connectivity index (χ0) is 10.7. The summed E-state index contributed by atoms with van der Waals surface area (Å²) in [6, 6.07) is 8.81. The summed E-state index contributed by atoms with van der Waals surface area (Å²) >= 11 is 0. The SMILES string of the molecule is NN(C(=O)c1ccccc1)c1c[nH]cn1. The van der Waals surface area contributed by atoms with E-state index in [1.807, 2.05) is 6.07 Å². The fourth-order valence-electron chi connectivity index (χ4n) is 1.21. The lowest BCUT2D eigenvalue weighted by atomic mass is 10.2. The fraction of sp³-hybridized carbons (Fsp3) is 0. The molecule has 5 nitrogen and oxygen atoms in total. The summed E-state index contributed by atoms with van der Waals surface area (Å²) in [7, 11) is 0. The van der Waals surface area contributed by atoms with Crippen molar-refractivity contribution in [3.8, 4) is 0 Å². The second-order valence-electron chi connectivity index (χ2n) is 2.97. The van der Waals surface area contributed by atoms with Crippen molar-refractivity contribution in [2.24, 2.45) is 5.84 Å². The Morgan fingerprint density at radius 3 is 2.67 bits per heavy atom. The van der Waals surface area contributed by atoms with E-state index in [1.54, 1.807) is 30.5 Å². The summed E-state index contributed by atoms with van der Waals surface area (Å²) in [5.41, 5.74) is 0.531. The molecule has 3 N–H and O–H groups in total. The van der Waals surface area contributed by atoms with Gasteiger partial charge in [0.1, 0.15) is 0 Å². The van der Waals surface area contributed by atoms with Gasteiger partial charge in [-0.15, -0.1) is 0 Å². The molecule has 1 amide bonds. The first-order chi connectivity index (χ1) is 7.29. The maximum atomic E-state index is 11.8. The monoisotopic (exact) mass is 202 g/mol. The number of benzene rings is 1. The van der Waals surface area contributed by atoms with Crippen LogP contribution in [0.5, 0.6) is 0 Å². The van der Waals surface area contributed by atoms with Crippen LogP contribution in [0.15, 0.2) is 42.9 Å². The van der Waals surface area contributed by atoms with Crippen molar-refractivity contribution in [1.82, 2.24) is 9.97 Å². The molecule has 0 saturated heterocycles. The first kappa shape index (κ1) is 9.42. The number of carbonyl (C=O) groups excluding carboxylic acids is 1. The van der Waals surface area contributed by atoms with Gasteiger partial charge in [0.05, 0.1) is 6.33 Å². The summed E-state index contributed by atoms with van der Waals surface area (Å²) in [5, 5.41) is 1.01. The molecule has 0 radical (unpaired) electrons. The molecule has 0 aliphatic rings. The van der Waals surface area contributed by atoms with E-state index in [9.17, 15) is 4.79 Å². The summed E-state index contributed by atoms with van der Waals surface area (Å²) in [6.07, 6.45) is 3.02. The first-order valence-corrected chi connectivity index (χ1v) is 4.42. The van der Waals surface area contributed by atoms with Gasteiger partial charge in [0.2, 0.25) is 0 Å². The van der Waals surface area contributed by atoms with E-state index >= 15 is 0 Å². The van der Waals surface area contributed by atoms with E-state index in [0.29, 0.717) is 11.4 Å². The smallest absolute Gasteiger partial charge is 0.273 e. The Bertz CT molecular complexity index is 438. The second kappa shape index (κ2) is 3.93. The number of anilines is 1. The number of hydrogen-bond donors (Lipinski definition) is 2. The molecule has 76 valence electrons. The number of aromatic nitrogens is 2. The van der Waals surface area contributed by atoms with Crippen LogP contribution in [-0.2, 0) is 0 Å². The van der Waals surface area contributed by atoms with Crippen LogP contribution in [0.1, 0.15) is 10.4 Å². The fourth-order valence-corrected chi connectivity index (χ4v) is 1.21. The lowest BCUT2D eigenvalue weighted by Crippen LogP contribution is -2.37. The van der Waals surface area contributed by atoms with Gasteiger partial charge >= 0.3 is 0 Å². The number of H-pyrrole nitrogens is 1. The average molecular weight is 202 g/mol. The molecule has 1 aromatic carbocycles. The van der Waals surface area contributed by atoms with Crippen molar-refractivity contribution in [2.75, 3.05) is 5.01 Å². The molecule has 0 bridgehead atoms. The molecule has 1 heterocycles. The number of amides is 1. The molecule has 15 heavy (non-hydrogen) atoms. The van der Waals surface area contributed by atoms with Gasteiger partial charge in [0, 0.05) is 11.8 Å². The maximum absolute atomic E-state index is 11.8. The molecular formula is C10H10N4O. The van der Waals surface area contributed by atoms with Crippen molar-refractivity contribution in [2.45, 2.75) is 0 Å². The van der Waals surface area contributed by atoms with Gasteiger partial charge in [-0.3, -0.25) is 4.79 Å². The van der Waals surface area contributed by atoms with E-state index in [-0.39, 0.29) is 5.91 Å². The number of nitrogens with zero attached hydrogens (tertiary/aromatic N) is 2.